The van der Waals surface area contributed by atoms with Gasteiger partial charge >= 0.3 is 0 Å². The van der Waals surface area contributed by atoms with Crippen molar-refractivity contribution in [2.45, 2.75) is 13.3 Å². The number of anilines is 1. The zero-order valence-electron chi connectivity index (χ0n) is 16.0. The van der Waals surface area contributed by atoms with Crippen LogP contribution in [0.5, 0.6) is 0 Å². The molecule has 1 aliphatic heterocycles. The SMILES string of the molecule is CCc1nsc(N2CCN(C(=NC)NCCOCCS(C)(=O)=O)CC2)n1.I. The van der Waals surface area contributed by atoms with Crippen molar-refractivity contribution in [1.82, 2.24) is 19.6 Å². The molecular weight excluding hydrogens is 503 g/mol. The maximum absolute atomic E-state index is 11.0. The minimum atomic E-state index is -2.97. The summed E-state index contributed by atoms with van der Waals surface area (Å²) in [7, 11) is -1.21. The van der Waals surface area contributed by atoms with Gasteiger partial charge in [-0.3, -0.25) is 4.99 Å². The molecule has 0 aromatic carbocycles. The minimum Gasteiger partial charge on any atom is -0.379 e. The molecule has 0 aliphatic carbocycles. The predicted molar refractivity (Wildman–Crippen MR) is 120 cm³/mol. The fourth-order valence-corrected chi connectivity index (χ4v) is 3.73. The van der Waals surface area contributed by atoms with Crippen LogP contribution < -0.4 is 10.2 Å². The summed E-state index contributed by atoms with van der Waals surface area (Å²) < 4.78 is 31.8. The van der Waals surface area contributed by atoms with E-state index in [2.05, 4.69) is 36.4 Å². The van der Waals surface area contributed by atoms with E-state index in [4.69, 9.17) is 4.74 Å². The largest absolute Gasteiger partial charge is 0.379 e. The third-order valence-corrected chi connectivity index (χ3v) is 5.69. The first-order valence-corrected chi connectivity index (χ1v) is 11.5. The zero-order valence-corrected chi connectivity index (χ0v) is 20.0. The lowest BCUT2D eigenvalue weighted by molar-refractivity contribution is 0.153. The summed E-state index contributed by atoms with van der Waals surface area (Å²) >= 11 is 1.46. The highest BCUT2D eigenvalue weighted by atomic mass is 127. The molecule has 0 atom stereocenters. The summed E-state index contributed by atoms with van der Waals surface area (Å²) in [5.41, 5.74) is 0. The van der Waals surface area contributed by atoms with Crippen molar-refractivity contribution >= 4 is 56.4 Å². The number of hydrogen-bond acceptors (Lipinski definition) is 8. The van der Waals surface area contributed by atoms with Gasteiger partial charge in [-0.15, -0.1) is 24.0 Å². The molecule has 1 fully saturated rings. The third kappa shape index (κ3) is 8.44. The zero-order chi connectivity index (χ0) is 19.0. The highest BCUT2D eigenvalue weighted by Gasteiger charge is 2.21. The van der Waals surface area contributed by atoms with E-state index in [9.17, 15) is 8.42 Å². The van der Waals surface area contributed by atoms with Crippen molar-refractivity contribution in [3.8, 4) is 0 Å². The molecule has 9 nitrogen and oxygen atoms in total. The van der Waals surface area contributed by atoms with E-state index in [0.29, 0.717) is 13.2 Å². The monoisotopic (exact) mass is 532 g/mol. The quantitative estimate of drug-likeness (QED) is 0.224. The Morgan fingerprint density at radius 3 is 2.56 bits per heavy atom. The molecule has 2 rings (SSSR count). The van der Waals surface area contributed by atoms with Crippen LogP contribution in [0.1, 0.15) is 12.7 Å². The number of piperazine rings is 1. The maximum atomic E-state index is 11.0. The van der Waals surface area contributed by atoms with Crippen LogP contribution in [0, 0.1) is 0 Å². The van der Waals surface area contributed by atoms with Crippen molar-refractivity contribution in [1.29, 1.82) is 0 Å². The normalized spacial score (nSPS) is 15.6. The molecule has 1 aromatic heterocycles. The number of rotatable bonds is 8. The minimum absolute atomic E-state index is 0. The highest BCUT2D eigenvalue weighted by Crippen LogP contribution is 2.19. The Hall–Kier alpha value is -0.730. The van der Waals surface area contributed by atoms with Crippen LogP contribution in [0.2, 0.25) is 0 Å². The van der Waals surface area contributed by atoms with Gasteiger partial charge in [0.05, 0.1) is 19.0 Å². The van der Waals surface area contributed by atoms with Gasteiger partial charge in [0, 0.05) is 64.0 Å². The Bertz CT molecular complexity index is 689. The molecule has 0 bridgehead atoms. The van der Waals surface area contributed by atoms with Crippen LogP contribution in [0.3, 0.4) is 0 Å². The Morgan fingerprint density at radius 1 is 1.30 bits per heavy atom. The number of ether oxygens (including phenoxy) is 1. The molecule has 1 aliphatic rings. The summed E-state index contributed by atoms with van der Waals surface area (Å²) in [6.45, 7) is 6.79. The molecule has 2 heterocycles. The smallest absolute Gasteiger partial charge is 0.205 e. The van der Waals surface area contributed by atoms with E-state index in [1.54, 1.807) is 7.05 Å². The van der Waals surface area contributed by atoms with Crippen LogP contribution >= 0.6 is 35.5 Å². The topological polar surface area (TPSA) is 100 Å². The molecule has 0 radical (unpaired) electrons. The second-order valence-corrected chi connectivity index (χ2v) is 9.03. The number of sulfone groups is 1. The van der Waals surface area contributed by atoms with Gasteiger partial charge in [-0.25, -0.2) is 13.4 Å². The molecule has 12 heteroatoms. The van der Waals surface area contributed by atoms with E-state index in [1.165, 1.54) is 17.8 Å². The van der Waals surface area contributed by atoms with Gasteiger partial charge < -0.3 is 19.9 Å². The third-order valence-electron chi connectivity index (χ3n) is 3.96. The fraction of sp³-hybridized carbons (Fsp3) is 0.800. The molecule has 1 N–H and O–H groups in total. The Kier molecular flexibility index (Phi) is 10.8. The first kappa shape index (κ1) is 24.3. The lowest BCUT2D eigenvalue weighted by atomic mass is 10.3. The number of guanidine groups is 1. The van der Waals surface area contributed by atoms with Crippen molar-refractivity contribution < 1.29 is 13.2 Å². The van der Waals surface area contributed by atoms with E-state index < -0.39 is 9.84 Å². The van der Waals surface area contributed by atoms with Crippen LogP contribution in [0.25, 0.3) is 0 Å². The van der Waals surface area contributed by atoms with Gasteiger partial charge in [0.2, 0.25) is 5.13 Å². The van der Waals surface area contributed by atoms with Gasteiger partial charge in [0.15, 0.2) is 5.96 Å². The van der Waals surface area contributed by atoms with Gasteiger partial charge in [0.1, 0.15) is 15.7 Å². The molecular formula is C15H29IN6O3S2. The Morgan fingerprint density at radius 2 is 2.00 bits per heavy atom. The summed E-state index contributed by atoms with van der Waals surface area (Å²) in [6, 6.07) is 0. The van der Waals surface area contributed by atoms with E-state index >= 15 is 0 Å². The van der Waals surface area contributed by atoms with Gasteiger partial charge in [-0.2, -0.15) is 4.37 Å². The Balaban J connectivity index is 0.00000364. The van der Waals surface area contributed by atoms with Crippen molar-refractivity contribution in [3.05, 3.63) is 5.82 Å². The summed E-state index contributed by atoms with van der Waals surface area (Å²) in [5.74, 6) is 1.79. The van der Waals surface area contributed by atoms with Gasteiger partial charge in [-0.05, 0) is 0 Å². The summed E-state index contributed by atoms with van der Waals surface area (Å²) in [4.78, 5) is 13.3. The molecule has 1 aromatic rings. The number of aromatic nitrogens is 2. The average Bonchev–Trinajstić information content (AvgIpc) is 3.10. The second-order valence-electron chi connectivity index (χ2n) is 6.04. The number of aliphatic imine (C=N–C) groups is 1. The van der Waals surface area contributed by atoms with E-state index in [1.807, 2.05) is 0 Å². The predicted octanol–water partition coefficient (Wildman–Crippen LogP) is 0.477. The van der Waals surface area contributed by atoms with Crippen LogP contribution in [0.4, 0.5) is 5.13 Å². The molecule has 0 saturated carbocycles. The van der Waals surface area contributed by atoms with E-state index in [0.717, 1.165) is 49.5 Å². The lowest BCUT2D eigenvalue weighted by Gasteiger charge is -2.36. The number of nitrogens with zero attached hydrogens (tertiary/aromatic N) is 5. The standard InChI is InChI=1S/C15H28N6O3S2.HI/c1-4-13-18-15(25-19-13)21-8-6-20(7-9-21)14(16-2)17-5-10-24-11-12-26(3,22)23;/h4-12H2,1-3H3,(H,16,17);1H. The van der Waals surface area contributed by atoms with Crippen LogP contribution in [-0.4, -0.2) is 93.6 Å². The molecule has 0 spiro atoms. The number of nitrogens with one attached hydrogen (secondary N) is 1. The van der Waals surface area contributed by atoms with Crippen molar-refractivity contribution in [2.24, 2.45) is 4.99 Å². The first-order chi connectivity index (χ1) is 12.4. The van der Waals surface area contributed by atoms with Crippen LogP contribution in [-0.2, 0) is 21.0 Å². The summed E-state index contributed by atoms with van der Waals surface area (Å²) in [6.07, 6.45) is 2.07. The first-order valence-electron chi connectivity index (χ1n) is 8.71. The molecule has 156 valence electrons. The second kappa shape index (κ2) is 12.0. The van der Waals surface area contributed by atoms with Crippen molar-refractivity contribution in [3.63, 3.8) is 0 Å². The maximum Gasteiger partial charge on any atom is 0.205 e. The van der Waals surface area contributed by atoms with Crippen molar-refractivity contribution in [2.75, 3.05) is 69.9 Å². The summed E-state index contributed by atoms with van der Waals surface area (Å²) in [5, 5.41) is 4.25. The molecule has 0 amide bonds. The number of aryl methyl sites for hydroxylation is 1. The molecule has 27 heavy (non-hydrogen) atoms. The van der Waals surface area contributed by atoms with Crippen LogP contribution in [0.15, 0.2) is 4.99 Å². The highest BCUT2D eigenvalue weighted by molar-refractivity contribution is 14.0. The lowest BCUT2D eigenvalue weighted by Crippen LogP contribution is -2.53. The molecule has 1 saturated heterocycles. The van der Waals surface area contributed by atoms with E-state index in [-0.39, 0.29) is 36.3 Å². The van der Waals surface area contributed by atoms with Gasteiger partial charge in [0.25, 0.3) is 0 Å². The van der Waals surface area contributed by atoms with Gasteiger partial charge in [-0.1, -0.05) is 6.92 Å². The number of halogens is 1. The molecule has 0 unspecified atom stereocenters. The number of hydrogen-bond donors (Lipinski definition) is 1. The fourth-order valence-electron chi connectivity index (χ4n) is 2.51. The Labute approximate surface area is 182 Å². The average molecular weight is 532 g/mol.